The van der Waals surface area contributed by atoms with Gasteiger partial charge in [-0.25, -0.2) is 0 Å². The summed E-state index contributed by atoms with van der Waals surface area (Å²) in [5.41, 5.74) is 2.89. The van der Waals surface area contributed by atoms with Gasteiger partial charge in [-0.05, 0) is 36.2 Å². The minimum Gasteiger partial charge on any atom is -0.490 e. The molecule has 3 rings (SSSR count). The summed E-state index contributed by atoms with van der Waals surface area (Å²) in [6, 6.07) is 12.8. The number of rotatable bonds is 5. The highest BCUT2D eigenvalue weighted by Gasteiger charge is 2.33. The molecule has 0 saturated carbocycles. The smallest absolute Gasteiger partial charge is 0.311 e. The molecule has 2 atom stereocenters. The number of benzene rings is 2. The molecule has 0 fully saturated rings. The van der Waals surface area contributed by atoms with Gasteiger partial charge >= 0.3 is 5.69 Å². The first kappa shape index (κ1) is 16.4. The van der Waals surface area contributed by atoms with Crippen LogP contribution in [0.5, 0.6) is 5.75 Å². The SMILES string of the molecule is COc1ccc(CN(C)[C@H]2Cc3ccccc3[C@H]2O)cc1[N+](=O)[O-]. The van der Waals surface area contributed by atoms with Crippen molar-refractivity contribution in [2.24, 2.45) is 0 Å². The second-order valence-electron chi connectivity index (χ2n) is 6.09. The third-order valence-electron chi connectivity index (χ3n) is 4.61. The van der Waals surface area contributed by atoms with Gasteiger partial charge in [0.2, 0.25) is 0 Å². The van der Waals surface area contributed by atoms with Crippen molar-refractivity contribution >= 4 is 5.69 Å². The van der Waals surface area contributed by atoms with Gasteiger partial charge in [0.1, 0.15) is 0 Å². The Kier molecular flexibility index (Phi) is 4.51. The molecule has 1 N–H and O–H groups in total. The molecule has 0 saturated heterocycles. The van der Waals surface area contributed by atoms with E-state index in [1.54, 1.807) is 6.07 Å². The molecule has 6 heteroatoms. The molecule has 6 nitrogen and oxygen atoms in total. The predicted molar refractivity (Wildman–Crippen MR) is 90.0 cm³/mol. The Labute approximate surface area is 140 Å². The number of methoxy groups -OCH3 is 1. The molecule has 0 radical (unpaired) electrons. The molecule has 0 aliphatic heterocycles. The van der Waals surface area contributed by atoms with Gasteiger partial charge in [0.25, 0.3) is 0 Å². The fourth-order valence-corrected chi connectivity index (χ4v) is 3.33. The van der Waals surface area contributed by atoms with Crippen LogP contribution in [0.15, 0.2) is 42.5 Å². The highest BCUT2D eigenvalue weighted by atomic mass is 16.6. The standard InChI is InChI=1S/C18H20N2O4/c1-19(16-10-13-5-3-4-6-14(13)18(16)21)11-12-7-8-17(24-2)15(9-12)20(22)23/h3-9,16,18,21H,10-11H2,1-2H3/t16-,18+/m0/s1. The largest absolute Gasteiger partial charge is 0.490 e. The van der Waals surface area contributed by atoms with Gasteiger partial charge in [0.05, 0.1) is 18.1 Å². The minimum atomic E-state index is -0.542. The van der Waals surface area contributed by atoms with Crippen LogP contribution in [0.25, 0.3) is 0 Å². The van der Waals surface area contributed by atoms with Crippen LogP contribution in [0.4, 0.5) is 5.69 Å². The highest BCUT2D eigenvalue weighted by Crippen LogP contribution is 2.35. The second-order valence-corrected chi connectivity index (χ2v) is 6.09. The molecule has 24 heavy (non-hydrogen) atoms. The van der Waals surface area contributed by atoms with Crippen LogP contribution < -0.4 is 4.74 Å². The van der Waals surface area contributed by atoms with Crippen molar-refractivity contribution in [3.63, 3.8) is 0 Å². The number of nitro groups is 1. The van der Waals surface area contributed by atoms with E-state index in [4.69, 9.17) is 4.74 Å². The Morgan fingerprint density at radius 1 is 1.33 bits per heavy atom. The molecule has 126 valence electrons. The molecule has 2 aromatic carbocycles. The molecule has 1 aliphatic rings. The molecule has 0 bridgehead atoms. The second kappa shape index (κ2) is 6.59. The van der Waals surface area contributed by atoms with Crippen LogP contribution in [0.1, 0.15) is 22.8 Å². The number of nitro benzene ring substituents is 1. The number of aliphatic hydroxyl groups is 1. The number of nitrogens with zero attached hydrogens (tertiary/aromatic N) is 2. The van der Waals surface area contributed by atoms with E-state index >= 15 is 0 Å². The summed E-state index contributed by atoms with van der Waals surface area (Å²) in [6.45, 7) is 0.514. The fourth-order valence-electron chi connectivity index (χ4n) is 3.33. The third-order valence-corrected chi connectivity index (χ3v) is 4.61. The first-order chi connectivity index (χ1) is 11.5. The van der Waals surface area contributed by atoms with Crippen molar-refractivity contribution in [3.8, 4) is 5.75 Å². The Bertz CT molecular complexity index is 762. The predicted octanol–water partition coefficient (Wildman–Crippen LogP) is 2.69. The monoisotopic (exact) mass is 328 g/mol. The van der Waals surface area contributed by atoms with Crippen molar-refractivity contribution in [2.45, 2.75) is 25.1 Å². The van der Waals surface area contributed by atoms with Crippen molar-refractivity contribution in [1.82, 2.24) is 4.90 Å². The molecule has 0 unspecified atom stereocenters. The zero-order valence-corrected chi connectivity index (χ0v) is 13.7. The van der Waals surface area contributed by atoms with Crippen molar-refractivity contribution in [1.29, 1.82) is 0 Å². The zero-order chi connectivity index (χ0) is 17.3. The van der Waals surface area contributed by atoms with Gasteiger partial charge in [-0.3, -0.25) is 15.0 Å². The summed E-state index contributed by atoms with van der Waals surface area (Å²) in [5, 5.41) is 21.7. The Morgan fingerprint density at radius 3 is 2.75 bits per heavy atom. The number of hydrogen-bond donors (Lipinski definition) is 1. The van der Waals surface area contributed by atoms with E-state index in [1.807, 2.05) is 42.3 Å². The summed E-state index contributed by atoms with van der Waals surface area (Å²) in [6.07, 6.45) is 0.228. The van der Waals surface area contributed by atoms with Crippen molar-refractivity contribution in [2.75, 3.05) is 14.2 Å². The van der Waals surface area contributed by atoms with Gasteiger partial charge < -0.3 is 9.84 Å². The van der Waals surface area contributed by atoms with Crippen LogP contribution in [0.2, 0.25) is 0 Å². The van der Waals surface area contributed by atoms with Crippen molar-refractivity contribution < 1.29 is 14.8 Å². The number of ether oxygens (including phenoxy) is 1. The van der Waals surface area contributed by atoms with Crippen molar-refractivity contribution in [3.05, 3.63) is 69.3 Å². The fraction of sp³-hybridized carbons (Fsp3) is 0.333. The van der Waals surface area contributed by atoms with Crippen LogP contribution >= 0.6 is 0 Å². The van der Waals surface area contributed by atoms with Gasteiger partial charge in [-0.2, -0.15) is 0 Å². The van der Waals surface area contributed by atoms with Gasteiger partial charge in [0, 0.05) is 18.7 Å². The zero-order valence-electron chi connectivity index (χ0n) is 13.7. The third kappa shape index (κ3) is 2.98. The Hall–Kier alpha value is -2.44. The van der Waals surface area contributed by atoms with Gasteiger partial charge in [-0.15, -0.1) is 0 Å². The summed E-state index contributed by atoms with van der Waals surface area (Å²) in [5.74, 6) is 0.250. The molecule has 2 aromatic rings. The lowest BCUT2D eigenvalue weighted by molar-refractivity contribution is -0.385. The molecule has 0 heterocycles. The maximum absolute atomic E-state index is 11.1. The molecule has 1 aliphatic carbocycles. The van der Waals surface area contributed by atoms with E-state index in [0.717, 1.165) is 23.1 Å². The normalized spacial score (nSPS) is 19.3. The van der Waals surface area contributed by atoms with Crippen LogP contribution in [0.3, 0.4) is 0 Å². The summed E-state index contributed by atoms with van der Waals surface area (Å²) >= 11 is 0. The minimum absolute atomic E-state index is 0.0384. The average Bonchev–Trinajstić information content (AvgIpc) is 2.92. The Morgan fingerprint density at radius 2 is 2.08 bits per heavy atom. The number of hydrogen-bond acceptors (Lipinski definition) is 5. The van der Waals surface area contributed by atoms with Crippen LogP contribution in [-0.4, -0.2) is 35.1 Å². The molecule has 0 amide bonds. The first-order valence-corrected chi connectivity index (χ1v) is 7.78. The topological polar surface area (TPSA) is 75.8 Å². The lowest BCUT2D eigenvalue weighted by atomic mass is 10.1. The van der Waals surface area contributed by atoms with E-state index in [9.17, 15) is 15.2 Å². The van der Waals surface area contributed by atoms with E-state index in [1.165, 1.54) is 13.2 Å². The first-order valence-electron chi connectivity index (χ1n) is 7.78. The number of aliphatic hydroxyl groups excluding tert-OH is 1. The van der Waals surface area contributed by atoms with Gasteiger partial charge in [-0.1, -0.05) is 30.3 Å². The van der Waals surface area contributed by atoms with E-state index in [0.29, 0.717) is 6.54 Å². The molecule has 0 aromatic heterocycles. The number of fused-ring (bicyclic) bond motifs is 1. The Balaban J connectivity index is 1.77. The maximum atomic E-state index is 11.1. The van der Waals surface area contributed by atoms with Crippen LogP contribution in [0, 0.1) is 10.1 Å². The summed E-state index contributed by atoms with van der Waals surface area (Å²) < 4.78 is 5.03. The van der Waals surface area contributed by atoms with E-state index < -0.39 is 11.0 Å². The maximum Gasteiger partial charge on any atom is 0.311 e. The lowest BCUT2D eigenvalue weighted by Gasteiger charge is -2.27. The molecule has 0 spiro atoms. The quantitative estimate of drug-likeness (QED) is 0.674. The van der Waals surface area contributed by atoms with Crippen LogP contribution in [-0.2, 0) is 13.0 Å². The van der Waals surface area contributed by atoms with Gasteiger partial charge in [0.15, 0.2) is 5.75 Å². The summed E-state index contributed by atoms with van der Waals surface area (Å²) in [7, 11) is 3.34. The lowest BCUT2D eigenvalue weighted by Crippen LogP contribution is -2.34. The number of likely N-dealkylation sites (N-methyl/N-ethyl adjacent to an activating group) is 1. The molecular weight excluding hydrogens is 308 g/mol. The summed E-state index contributed by atoms with van der Waals surface area (Å²) in [4.78, 5) is 12.7. The molecular formula is C18H20N2O4. The van der Waals surface area contributed by atoms with E-state index in [2.05, 4.69) is 0 Å². The average molecular weight is 328 g/mol. The van der Waals surface area contributed by atoms with E-state index in [-0.39, 0.29) is 17.5 Å². The highest BCUT2D eigenvalue weighted by molar-refractivity contribution is 5.48.